The third kappa shape index (κ3) is 13.7. The average Bonchev–Trinajstić information content (AvgIpc) is 1.62. The summed E-state index contributed by atoms with van der Waals surface area (Å²) in [7, 11) is -5.18. The number of fused-ring (bicyclic) bond motifs is 5. The Balaban J connectivity index is 0.00000941. The molecule has 29 nitrogen and oxygen atoms in total. The van der Waals surface area contributed by atoms with Gasteiger partial charge in [-0.1, -0.05) is 46.3 Å². The van der Waals surface area contributed by atoms with E-state index in [-0.39, 0.29) is 78.6 Å². The Morgan fingerprint density at radius 2 is 1.11 bits per heavy atom. The zero-order valence-corrected chi connectivity index (χ0v) is 54.9. The summed E-state index contributed by atoms with van der Waals surface area (Å²) in [5, 5.41) is 159. The van der Waals surface area contributed by atoms with Gasteiger partial charge in [0, 0.05) is 5.92 Å². The van der Waals surface area contributed by atoms with E-state index < -0.39 is 223 Å². The van der Waals surface area contributed by atoms with E-state index in [0.717, 1.165) is 5.57 Å². The van der Waals surface area contributed by atoms with Gasteiger partial charge >= 0.3 is 29.6 Å². The van der Waals surface area contributed by atoms with Gasteiger partial charge in [0.25, 0.3) is 0 Å². The van der Waals surface area contributed by atoms with Crippen LogP contribution in [0.3, 0.4) is 0 Å². The Hall–Kier alpha value is -0.390. The molecule has 0 aromatic heterocycles. The molecule has 38 atom stereocenters. The summed E-state index contributed by atoms with van der Waals surface area (Å²) >= 11 is 0. The van der Waals surface area contributed by atoms with Crippen LogP contribution in [-0.4, -0.2) is 281 Å². The minimum absolute atomic E-state index is 0. The topological polar surface area (TPSA) is 454 Å². The number of epoxide rings is 1. The Kier molecular flexibility index (Phi) is 22.5. The van der Waals surface area contributed by atoms with E-state index in [1.54, 1.807) is 6.92 Å². The van der Waals surface area contributed by atoms with Gasteiger partial charge in [0.2, 0.25) is 10.4 Å². The molecule has 89 heavy (non-hydrogen) atoms. The summed E-state index contributed by atoms with van der Waals surface area (Å²) in [6.45, 7) is 16.7. The molecule has 0 unspecified atom stereocenters. The van der Waals surface area contributed by atoms with Crippen molar-refractivity contribution >= 4 is 10.4 Å². The van der Waals surface area contributed by atoms with Gasteiger partial charge in [-0.3, -0.25) is 4.18 Å². The van der Waals surface area contributed by atoms with Gasteiger partial charge in [-0.2, -0.15) is 0 Å². The molecular weight excluding hydrogens is 1220 g/mol. The molecule has 0 aromatic carbocycles. The standard InChI is InChI=1S/C58H96O29S.Na/c1-19(2)20(3)44-50(82-44)58(10,72)49-30(60)17-28-26-16-31(29-15-25(87-88(73,74)75)11-13-56(29,8)27(26)12-14-57(28,49)9)80-53-43(71)46(36(64)32(18-59)81-53)84-55-48(86-52-41(69)38(66)34(62)22(5)77-52)42(70)45(24(7)79-55)83-54-47(39(67)35(63)23(6)78-54)85-51-40(68)37(65)33(61)21(4)76-51;/h12,19-26,28-55,59-72H,11,13-18H2,1-10H3,(H,73,74,75);/q;+1/p-1/t20-,21+,22+,23+,24+,25-,26+,28-,29+,30-,31-,32+,33-,34+,35+,36+,37-,38-,39-,40+,41+,42-,43+,44-,45+,46-,47+,48+,49-,50+,51-,52-,53+,54-,55-,56+,57-,58-;/m0./s1. The first-order valence-electron chi connectivity index (χ1n) is 31.1. The van der Waals surface area contributed by atoms with Crippen molar-refractivity contribution in [2.24, 2.45) is 46.3 Å². The van der Waals surface area contributed by atoms with E-state index in [1.807, 2.05) is 6.92 Å². The second kappa shape index (κ2) is 27.5. The predicted molar refractivity (Wildman–Crippen MR) is 293 cm³/mol. The van der Waals surface area contributed by atoms with Crippen LogP contribution in [0.25, 0.3) is 0 Å². The van der Waals surface area contributed by atoms with E-state index in [9.17, 15) is 84.5 Å². The predicted octanol–water partition coefficient (Wildman–Crippen LogP) is -6.60. The smallest absolute Gasteiger partial charge is 0.726 e. The summed E-state index contributed by atoms with van der Waals surface area (Å²) in [5.74, 6) is -1.43. The Morgan fingerprint density at radius 1 is 0.607 bits per heavy atom. The number of aliphatic hydroxyl groups is 14. The van der Waals surface area contributed by atoms with Crippen LogP contribution in [0.1, 0.15) is 108 Å². The molecule has 0 radical (unpaired) electrons. The van der Waals surface area contributed by atoms with E-state index >= 15 is 0 Å². The number of rotatable bonds is 17. The van der Waals surface area contributed by atoms with Crippen LogP contribution in [0.5, 0.6) is 0 Å². The minimum Gasteiger partial charge on any atom is -0.726 e. The molecule has 0 spiro atoms. The first-order chi connectivity index (χ1) is 41.0. The number of ether oxygens (including phenoxy) is 11. The molecule has 6 saturated heterocycles. The van der Waals surface area contributed by atoms with Crippen molar-refractivity contribution in [3.05, 3.63) is 11.6 Å². The van der Waals surface area contributed by atoms with E-state index in [2.05, 4.69) is 33.8 Å². The molecule has 6 heterocycles. The van der Waals surface area contributed by atoms with Gasteiger partial charge in [0.05, 0.1) is 61.0 Å². The fraction of sp³-hybridized carbons (Fsp3) is 0.966. The molecule has 3 saturated carbocycles. The van der Waals surface area contributed by atoms with Crippen LogP contribution in [0, 0.1) is 46.3 Å². The Bertz CT molecular complexity index is 2540. The van der Waals surface area contributed by atoms with E-state index in [0.29, 0.717) is 19.3 Å². The van der Waals surface area contributed by atoms with Gasteiger partial charge < -0.3 is 128 Å². The molecule has 0 aromatic rings. The molecule has 508 valence electrons. The molecule has 6 aliphatic heterocycles. The molecule has 14 N–H and O–H groups in total. The number of hydrogen-bond acceptors (Lipinski definition) is 29. The van der Waals surface area contributed by atoms with Crippen LogP contribution >= 0.6 is 0 Å². The number of hydrogen-bond donors (Lipinski definition) is 14. The number of allylic oxidation sites excluding steroid dienone is 2. The summed E-state index contributed by atoms with van der Waals surface area (Å²) < 4.78 is 109. The second-order valence-electron chi connectivity index (χ2n) is 27.9. The first-order valence-corrected chi connectivity index (χ1v) is 32.4. The van der Waals surface area contributed by atoms with Gasteiger partial charge in [-0.05, 0) is 114 Å². The van der Waals surface area contributed by atoms with Crippen molar-refractivity contribution in [3.63, 3.8) is 0 Å². The maximum atomic E-state index is 12.5. The first kappa shape index (κ1) is 72.9. The number of aliphatic hydroxyl groups excluding tert-OH is 13. The van der Waals surface area contributed by atoms with Crippen LogP contribution in [0.2, 0.25) is 0 Å². The van der Waals surface area contributed by atoms with Crippen molar-refractivity contribution in [2.75, 3.05) is 6.61 Å². The van der Waals surface area contributed by atoms with Crippen molar-refractivity contribution in [1.82, 2.24) is 0 Å². The Labute approximate surface area is 540 Å². The maximum absolute atomic E-state index is 12.5. The van der Waals surface area contributed by atoms with Crippen molar-refractivity contribution < 1.29 is 170 Å². The molecule has 4 aliphatic carbocycles. The minimum atomic E-state index is -5.18. The van der Waals surface area contributed by atoms with E-state index in [1.165, 1.54) is 27.7 Å². The average molecular weight is 1310 g/mol. The maximum Gasteiger partial charge on any atom is 1.00 e. The Morgan fingerprint density at radius 3 is 1.66 bits per heavy atom. The molecule has 0 bridgehead atoms. The van der Waals surface area contributed by atoms with Crippen molar-refractivity contribution in [2.45, 2.75) is 297 Å². The van der Waals surface area contributed by atoms with Crippen LogP contribution in [0.15, 0.2) is 11.6 Å². The van der Waals surface area contributed by atoms with Gasteiger partial charge in [0.1, 0.15) is 104 Å². The SMILES string of the molecule is CC(C)[C@H](C)[C@@H]1O[C@H]1[C@@](C)(O)[C@H]1[C@@H](O)C[C@H]2[C@@H]3C[C@H](O[C@@H]4O[C@H](CO)[C@@H](O)[C@H](O[C@@H]5O[C@H](C)[C@@H](O[C@@H]6O[C@H](C)[C@@H](O)[C@H](O)[C@H]6O[C@@H]6O[C@H](C)[C@H](O)[C@H](O)[C@H]6O)[C@H](O)[C@H]5O[C@@H]5O[C@H](C)[C@@H](O)[C@H](O)[C@H]5O)[C@H]4O)[C@H]4C[C@@H](OS(=O)(=O)[O-])CC[C@]4(C)C3=CC[C@]12C.[Na+]. The fourth-order valence-electron chi connectivity index (χ4n) is 16.6. The zero-order chi connectivity index (χ0) is 64.5. The summed E-state index contributed by atoms with van der Waals surface area (Å²) in [5.41, 5.74) is -1.86. The van der Waals surface area contributed by atoms with Crippen LogP contribution < -0.4 is 29.6 Å². The van der Waals surface area contributed by atoms with E-state index in [4.69, 9.17) is 56.3 Å². The largest absolute Gasteiger partial charge is 1.00 e. The summed E-state index contributed by atoms with van der Waals surface area (Å²) in [4.78, 5) is 0. The quantitative estimate of drug-likeness (QED) is 0.0212. The van der Waals surface area contributed by atoms with Gasteiger partial charge in [-0.15, -0.1) is 0 Å². The summed E-state index contributed by atoms with van der Waals surface area (Å²) in [6.07, 6.45) is -42.9. The van der Waals surface area contributed by atoms with Crippen molar-refractivity contribution in [1.29, 1.82) is 0 Å². The monoisotopic (exact) mass is 1310 g/mol. The molecule has 0 amide bonds. The molecule has 10 rings (SSSR count). The van der Waals surface area contributed by atoms with Crippen LogP contribution in [-0.2, 0) is 66.7 Å². The normalized spacial score (nSPS) is 53.8. The third-order valence-electron chi connectivity index (χ3n) is 22.0. The third-order valence-corrected chi connectivity index (χ3v) is 22.5. The molecule has 9 fully saturated rings. The fourth-order valence-corrected chi connectivity index (χ4v) is 17.1. The molecule has 10 aliphatic rings. The summed E-state index contributed by atoms with van der Waals surface area (Å²) in [6, 6.07) is 0. The second-order valence-corrected chi connectivity index (χ2v) is 28.9. The zero-order valence-electron chi connectivity index (χ0n) is 52.1. The van der Waals surface area contributed by atoms with Gasteiger partial charge in [-0.25, -0.2) is 8.42 Å². The van der Waals surface area contributed by atoms with Gasteiger partial charge in [0.15, 0.2) is 31.5 Å². The van der Waals surface area contributed by atoms with Crippen molar-refractivity contribution in [3.8, 4) is 0 Å². The molecule has 31 heteroatoms. The molecular formula is C58H95NaO29S. The van der Waals surface area contributed by atoms with Crippen LogP contribution in [0.4, 0.5) is 0 Å².